The molecule has 2 rings (SSSR count). The molecule has 0 bridgehead atoms. The number of rotatable bonds is 7. The van der Waals surface area contributed by atoms with E-state index in [0.717, 1.165) is 19.5 Å². The van der Waals surface area contributed by atoms with E-state index in [0.29, 0.717) is 5.92 Å². The van der Waals surface area contributed by atoms with Crippen LogP contribution in [0.3, 0.4) is 0 Å². The lowest BCUT2D eigenvalue weighted by atomic mass is 9.91. The molecule has 1 N–H and O–H groups in total. The molecule has 1 aromatic carbocycles. The standard InChI is InChI=1S/C16H24N4/c1-4-11-20-15(12-18-19-20)16(17-5-2)13(3)14-9-7-6-8-10-14/h6-10,12-13,16-17H,4-5,11H2,1-3H3. The number of benzene rings is 1. The minimum Gasteiger partial charge on any atom is -0.308 e. The van der Waals surface area contributed by atoms with E-state index in [4.69, 9.17) is 0 Å². The molecular formula is C16H24N4. The molecule has 1 heterocycles. The first kappa shape index (κ1) is 14.7. The van der Waals surface area contributed by atoms with Gasteiger partial charge in [-0.3, -0.25) is 0 Å². The van der Waals surface area contributed by atoms with Crippen LogP contribution in [0.4, 0.5) is 0 Å². The van der Waals surface area contributed by atoms with Crippen LogP contribution in [0.25, 0.3) is 0 Å². The first-order valence-corrected chi connectivity index (χ1v) is 7.44. The van der Waals surface area contributed by atoms with Crippen molar-refractivity contribution in [1.82, 2.24) is 20.3 Å². The van der Waals surface area contributed by atoms with Crippen molar-refractivity contribution < 1.29 is 0 Å². The molecule has 20 heavy (non-hydrogen) atoms. The van der Waals surface area contributed by atoms with Crippen LogP contribution in [0.2, 0.25) is 0 Å². The van der Waals surface area contributed by atoms with Crippen molar-refractivity contribution in [2.45, 2.75) is 45.7 Å². The van der Waals surface area contributed by atoms with Crippen LogP contribution in [0.15, 0.2) is 36.5 Å². The Morgan fingerprint density at radius 3 is 2.60 bits per heavy atom. The molecule has 108 valence electrons. The average molecular weight is 272 g/mol. The number of likely N-dealkylation sites (N-methyl/N-ethyl adjacent to an activating group) is 1. The summed E-state index contributed by atoms with van der Waals surface area (Å²) in [6.07, 6.45) is 2.96. The maximum absolute atomic E-state index is 4.21. The molecule has 2 atom stereocenters. The fourth-order valence-electron chi connectivity index (χ4n) is 2.60. The first-order valence-electron chi connectivity index (χ1n) is 7.44. The van der Waals surface area contributed by atoms with Gasteiger partial charge in [-0.05, 0) is 18.5 Å². The molecular weight excluding hydrogens is 248 g/mol. The average Bonchev–Trinajstić information content (AvgIpc) is 2.93. The Bertz CT molecular complexity index is 506. The van der Waals surface area contributed by atoms with E-state index in [1.165, 1.54) is 11.3 Å². The summed E-state index contributed by atoms with van der Waals surface area (Å²) in [4.78, 5) is 0. The molecule has 0 saturated carbocycles. The van der Waals surface area contributed by atoms with Gasteiger partial charge >= 0.3 is 0 Å². The Kier molecular flexibility index (Phi) is 5.30. The minimum atomic E-state index is 0.240. The van der Waals surface area contributed by atoms with Crippen LogP contribution in [0, 0.1) is 0 Å². The van der Waals surface area contributed by atoms with Gasteiger partial charge in [-0.2, -0.15) is 0 Å². The van der Waals surface area contributed by atoms with Crippen LogP contribution in [-0.2, 0) is 6.54 Å². The quantitative estimate of drug-likeness (QED) is 0.842. The predicted octanol–water partition coefficient (Wildman–Crippen LogP) is 3.14. The molecule has 0 amide bonds. The maximum Gasteiger partial charge on any atom is 0.0762 e. The van der Waals surface area contributed by atoms with Crippen LogP contribution in [0.5, 0.6) is 0 Å². The second-order valence-electron chi connectivity index (χ2n) is 5.12. The second-order valence-corrected chi connectivity index (χ2v) is 5.12. The van der Waals surface area contributed by atoms with Crippen molar-refractivity contribution in [2.24, 2.45) is 0 Å². The molecule has 0 spiro atoms. The van der Waals surface area contributed by atoms with Crippen LogP contribution in [-0.4, -0.2) is 21.5 Å². The van der Waals surface area contributed by atoms with Gasteiger partial charge in [0.05, 0.1) is 17.9 Å². The second kappa shape index (κ2) is 7.20. The number of aryl methyl sites for hydroxylation is 1. The van der Waals surface area contributed by atoms with Gasteiger partial charge in [-0.15, -0.1) is 5.10 Å². The molecule has 0 aliphatic heterocycles. The smallest absolute Gasteiger partial charge is 0.0762 e. The maximum atomic E-state index is 4.21. The Balaban J connectivity index is 2.28. The number of hydrogen-bond acceptors (Lipinski definition) is 3. The normalized spacial score (nSPS) is 14.2. The van der Waals surface area contributed by atoms with E-state index in [1.807, 2.05) is 10.9 Å². The minimum absolute atomic E-state index is 0.240. The monoisotopic (exact) mass is 272 g/mol. The Hall–Kier alpha value is -1.68. The molecule has 2 aromatic rings. The highest BCUT2D eigenvalue weighted by Crippen LogP contribution is 2.30. The summed E-state index contributed by atoms with van der Waals surface area (Å²) in [7, 11) is 0. The summed E-state index contributed by atoms with van der Waals surface area (Å²) in [6.45, 7) is 8.40. The third-order valence-corrected chi connectivity index (χ3v) is 3.65. The largest absolute Gasteiger partial charge is 0.308 e. The van der Waals surface area contributed by atoms with Crippen molar-refractivity contribution in [3.63, 3.8) is 0 Å². The molecule has 0 aliphatic carbocycles. The summed E-state index contributed by atoms with van der Waals surface area (Å²) < 4.78 is 2.02. The Morgan fingerprint density at radius 1 is 1.20 bits per heavy atom. The van der Waals surface area contributed by atoms with E-state index in [2.05, 4.69) is 66.7 Å². The van der Waals surface area contributed by atoms with Crippen LogP contribution < -0.4 is 5.32 Å². The molecule has 0 fully saturated rings. The predicted molar refractivity (Wildman–Crippen MR) is 81.6 cm³/mol. The van der Waals surface area contributed by atoms with Crippen molar-refractivity contribution in [3.8, 4) is 0 Å². The third kappa shape index (κ3) is 3.25. The van der Waals surface area contributed by atoms with Crippen molar-refractivity contribution in [1.29, 1.82) is 0 Å². The molecule has 4 heteroatoms. The van der Waals surface area contributed by atoms with Gasteiger partial charge in [-0.1, -0.05) is 56.3 Å². The zero-order valence-electron chi connectivity index (χ0n) is 12.6. The number of aromatic nitrogens is 3. The molecule has 0 aliphatic rings. The molecule has 1 aromatic heterocycles. The van der Waals surface area contributed by atoms with Gasteiger partial charge in [0.1, 0.15) is 0 Å². The molecule has 2 unspecified atom stereocenters. The third-order valence-electron chi connectivity index (χ3n) is 3.65. The van der Waals surface area contributed by atoms with Crippen LogP contribution >= 0.6 is 0 Å². The summed E-state index contributed by atoms with van der Waals surface area (Å²) in [6, 6.07) is 10.9. The van der Waals surface area contributed by atoms with Gasteiger partial charge in [0.15, 0.2) is 0 Å². The van der Waals surface area contributed by atoms with E-state index in [1.54, 1.807) is 0 Å². The van der Waals surface area contributed by atoms with Crippen LogP contribution in [0.1, 0.15) is 50.4 Å². The first-order chi connectivity index (χ1) is 9.77. The van der Waals surface area contributed by atoms with Crippen molar-refractivity contribution in [3.05, 3.63) is 47.8 Å². The fourth-order valence-corrected chi connectivity index (χ4v) is 2.60. The highest BCUT2D eigenvalue weighted by Gasteiger charge is 2.23. The lowest BCUT2D eigenvalue weighted by Gasteiger charge is -2.25. The summed E-state index contributed by atoms with van der Waals surface area (Å²) in [5, 5.41) is 11.9. The topological polar surface area (TPSA) is 42.7 Å². The fraction of sp³-hybridized carbons (Fsp3) is 0.500. The summed E-state index contributed by atoms with van der Waals surface area (Å²) in [5.41, 5.74) is 2.51. The number of hydrogen-bond donors (Lipinski definition) is 1. The molecule has 0 radical (unpaired) electrons. The lowest BCUT2D eigenvalue weighted by molar-refractivity contribution is 0.430. The lowest BCUT2D eigenvalue weighted by Crippen LogP contribution is -2.28. The van der Waals surface area contributed by atoms with E-state index in [-0.39, 0.29) is 6.04 Å². The van der Waals surface area contributed by atoms with Gasteiger partial charge in [0, 0.05) is 12.5 Å². The highest BCUT2D eigenvalue weighted by atomic mass is 15.4. The van der Waals surface area contributed by atoms with E-state index >= 15 is 0 Å². The number of nitrogens with zero attached hydrogens (tertiary/aromatic N) is 3. The number of nitrogens with one attached hydrogen (secondary N) is 1. The highest BCUT2D eigenvalue weighted by molar-refractivity contribution is 5.23. The molecule has 0 saturated heterocycles. The summed E-state index contributed by atoms with van der Waals surface area (Å²) >= 11 is 0. The Labute approximate surface area is 121 Å². The van der Waals surface area contributed by atoms with Gasteiger partial charge in [0.25, 0.3) is 0 Å². The van der Waals surface area contributed by atoms with E-state index < -0.39 is 0 Å². The molecule has 4 nitrogen and oxygen atoms in total. The summed E-state index contributed by atoms with van der Waals surface area (Å²) in [5.74, 6) is 0.380. The zero-order valence-corrected chi connectivity index (χ0v) is 12.6. The van der Waals surface area contributed by atoms with Crippen molar-refractivity contribution in [2.75, 3.05) is 6.54 Å². The van der Waals surface area contributed by atoms with Gasteiger partial charge in [-0.25, -0.2) is 4.68 Å². The zero-order chi connectivity index (χ0) is 14.4. The van der Waals surface area contributed by atoms with E-state index in [9.17, 15) is 0 Å². The van der Waals surface area contributed by atoms with Gasteiger partial charge < -0.3 is 5.32 Å². The van der Waals surface area contributed by atoms with Gasteiger partial charge in [0.2, 0.25) is 0 Å². The Morgan fingerprint density at radius 2 is 1.95 bits per heavy atom. The SMILES string of the molecule is CCCn1nncc1C(NCC)C(C)c1ccccc1. The van der Waals surface area contributed by atoms with Crippen molar-refractivity contribution >= 4 is 0 Å².